The molecule has 0 aliphatic heterocycles. The number of hydrogen-bond donors (Lipinski definition) is 5. The summed E-state index contributed by atoms with van der Waals surface area (Å²) in [6.07, 6.45) is 2.89. The van der Waals surface area contributed by atoms with Crippen molar-refractivity contribution in [3.63, 3.8) is 0 Å². The number of rotatable bonds is 18. The van der Waals surface area contributed by atoms with Crippen LogP contribution in [0.4, 0.5) is 9.59 Å². The molecule has 1 heterocycles. The number of amides is 4. The standard InChI is InChI=1S/C32H42N6O8S/c1-4-6-16-46-32(44)37-26(29(40)41)18-33-28(39)22-13-11-21(12-14-22)19-38(20-27-34-23-9-7-8-10-24(23)35-27)31(43)36-25(15-17-47-3)30(42)45-5-2/h7-14,25-26H,4-6,15-20H2,1-3H3,(H,33,39)(H,34,35)(H,36,43)(H,37,44)(H,40,41). The number of para-hydroxylation sites is 2. The van der Waals surface area contributed by atoms with E-state index in [0.29, 0.717) is 30.0 Å². The highest BCUT2D eigenvalue weighted by Gasteiger charge is 2.26. The third-order valence-electron chi connectivity index (χ3n) is 6.92. The van der Waals surface area contributed by atoms with E-state index < -0.39 is 42.1 Å². The molecule has 14 nitrogen and oxygen atoms in total. The molecule has 2 atom stereocenters. The smallest absolute Gasteiger partial charge is 0.407 e. The zero-order valence-corrected chi connectivity index (χ0v) is 27.6. The van der Waals surface area contributed by atoms with Crippen LogP contribution in [0.1, 0.15) is 54.9 Å². The van der Waals surface area contributed by atoms with Gasteiger partial charge >= 0.3 is 24.1 Å². The lowest BCUT2D eigenvalue weighted by atomic mass is 10.1. The average molecular weight is 671 g/mol. The van der Waals surface area contributed by atoms with Crippen LogP contribution in [0.25, 0.3) is 11.0 Å². The Morgan fingerprint density at radius 2 is 1.72 bits per heavy atom. The number of nitrogens with one attached hydrogen (secondary N) is 4. The first-order valence-electron chi connectivity index (χ1n) is 15.3. The predicted octanol–water partition coefficient (Wildman–Crippen LogP) is 3.67. The number of carbonyl (C=O) groups excluding carboxylic acids is 4. The molecule has 0 radical (unpaired) electrons. The Balaban J connectivity index is 1.71. The molecule has 5 N–H and O–H groups in total. The summed E-state index contributed by atoms with van der Waals surface area (Å²) in [5.74, 6) is -1.20. The summed E-state index contributed by atoms with van der Waals surface area (Å²) >= 11 is 1.55. The molecule has 0 bridgehead atoms. The maximum Gasteiger partial charge on any atom is 0.407 e. The lowest BCUT2D eigenvalue weighted by Gasteiger charge is -2.25. The number of ether oxygens (including phenoxy) is 2. The topological polar surface area (TPSA) is 192 Å². The predicted molar refractivity (Wildman–Crippen MR) is 177 cm³/mol. The van der Waals surface area contributed by atoms with E-state index in [2.05, 4.69) is 25.9 Å². The second kappa shape index (κ2) is 19.0. The fraction of sp³-hybridized carbons (Fsp3) is 0.438. The van der Waals surface area contributed by atoms with Crippen LogP contribution in [0.5, 0.6) is 0 Å². The number of aromatic nitrogens is 2. The summed E-state index contributed by atoms with van der Waals surface area (Å²) in [5.41, 5.74) is 2.49. The molecule has 15 heteroatoms. The summed E-state index contributed by atoms with van der Waals surface area (Å²) in [7, 11) is 0. The zero-order chi connectivity index (χ0) is 34.2. The van der Waals surface area contributed by atoms with Crippen LogP contribution < -0.4 is 16.0 Å². The maximum atomic E-state index is 13.6. The van der Waals surface area contributed by atoms with Crippen molar-refractivity contribution >= 4 is 52.8 Å². The number of esters is 1. The second-order valence-electron chi connectivity index (χ2n) is 10.5. The van der Waals surface area contributed by atoms with Gasteiger partial charge in [-0.1, -0.05) is 37.6 Å². The van der Waals surface area contributed by atoms with Crippen molar-refractivity contribution in [2.24, 2.45) is 0 Å². The van der Waals surface area contributed by atoms with E-state index in [9.17, 15) is 29.1 Å². The molecular weight excluding hydrogens is 628 g/mol. The number of aromatic amines is 1. The molecule has 0 spiro atoms. The molecule has 2 unspecified atom stereocenters. The van der Waals surface area contributed by atoms with Crippen molar-refractivity contribution in [1.29, 1.82) is 0 Å². The first-order valence-corrected chi connectivity index (χ1v) is 16.7. The van der Waals surface area contributed by atoms with Gasteiger partial charge in [0.15, 0.2) is 0 Å². The summed E-state index contributed by atoms with van der Waals surface area (Å²) < 4.78 is 10.1. The molecule has 2 aromatic carbocycles. The third-order valence-corrected chi connectivity index (χ3v) is 7.57. The van der Waals surface area contributed by atoms with E-state index in [-0.39, 0.29) is 38.4 Å². The number of hydrogen-bond acceptors (Lipinski definition) is 9. The van der Waals surface area contributed by atoms with E-state index >= 15 is 0 Å². The van der Waals surface area contributed by atoms with Crippen LogP contribution in [0.3, 0.4) is 0 Å². The van der Waals surface area contributed by atoms with Crippen LogP contribution in [0.15, 0.2) is 48.5 Å². The van der Waals surface area contributed by atoms with E-state index in [1.165, 1.54) is 4.90 Å². The number of carboxylic acids is 1. The number of fused-ring (bicyclic) bond motifs is 1. The number of alkyl carbamates (subject to hydrolysis) is 1. The number of carbonyl (C=O) groups is 5. The van der Waals surface area contributed by atoms with Crippen LogP contribution >= 0.6 is 11.8 Å². The van der Waals surface area contributed by atoms with E-state index in [4.69, 9.17) is 9.47 Å². The quantitative estimate of drug-likeness (QED) is 0.0986. The Morgan fingerprint density at radius 3 is 2.38 bits per heavy atom. The molecule has 0 saturated carbocycles. The Morgan fingerprint density at radius 1 is 0.979 bits per heavy atom. The van der Waals surface area contributed by atoms with Crippen molar-refractivity contribution in [3.8, 4) is 0 Å². The van der Waals surface area contributed by atoms with E-state index in [1.807, 2.05) is 37.4 Å². The average Bonchev–Trinajstić information content (AvgIpc) is 3.47. The molecule has 254 valence electrons. The van der Waals surface area contributed by atoms with Gasteiger partial charge in [0.1, 0.15) is 17.9 Å². The fourth-order valence-corrected chi connectivity index (χ4v) is 4.87. The van der Waals surface area contributed by atoms with Crippen LogP contribution in [-0.2, 0) is 32.2 Å². The van der Waals surface area contributed by atoms with Gasteiger partial charge in [-0.2, -0.15) is 11.8 Å². The van der Waals surface area contributed by atoms with Gasteiger partial charge in [0.2, 0.25) is 0 Å². The maximum absolute atomic E-state index is 13.6. The summed E-state index contributed by atoms with van der Waals surface area (Å²) in [5, 5.41) is 17.0. The van der Waals surface area contributed by atoms with E-state index in [1.54, 1.807) is 43.0 Å². The van der Waals surface area contributed by atoms with Gasteiger partial charge in [-0.05, 0) is 61.6 Å². The lowest BCUT2D eigenvalue weighted by Crippen LogP contribution is -2.48. The first-order chi connectivity index (χ1) is 22.6. The number of aliphatic carboxylic acids is 1. The van der Waals surface area contributed by atoms with Crippen molar-refractivity contribution in [3.05, 3.63) is 65.5 Å². The highest BCUT2D eigenvalue weighted by atomic mass is 32.2. The lowest BCUT2D eigenvalue weighted by molar-refractivity contribution is -0.145. The van der Waals surface area contributed by atoms with Crippen molar-refractivity contribution in [1.82, 2.24) is 30.8 Å². The SMILES string of the molecule is CCCCOC(=O)NC(CNC(=O)c1ccc(CN(Cc2nc3ccccc3[nH]2)C(=O)NC(CCSC)C(=O)OCC)cc1)C(=O)O. The first kappa shape index (κ1) is 36.7. The minimum absolute atomic E-state index is 0.102. The van der Waals surface area contributed by atoms with Gasteiger partial charge in [-0.3, -0.25) is 4.79 Å². The summed E-state index contributed by atoms with van der Waals surface area (Å²) in [6, 6.07) is 11.2. The molecule has 4 amide bonds. The number of H-pyrrole nitrogens is 1. The molecule has 3 aromatic rings. The Hall–Kier alpha value is -4.79. The molecule has 0 aliphatic rings. The monoisotopic (exact) mass is 670 g/mol. The Bertz CT molecular complexity index is 1470. The fourth-order valence-electron chi connectivity index (χ4n) is 4.40. The number of carboxylic acid groups (broad SMARTS) is 1. The minimum Gasteiger partial charge on any atom is -0.480 e. The Labute approximate surface area is 277 Å². The van der Waals surface area contributed by atoms with E-state index in [0.717, 1.165) is 17.5 Å². The highest BCUT2D eigenvalue weighted by Crippen LogP contribution is 2.15. The number of unbranched alkanes of at least 4 members (excludes halogenated alkanes) is 1. The van der Waals surface area contributed by atoms with Crippen molar-refractivity contribution < 1.29 is 38.6 Å². The second-order valence-corrected chi connectivity index (χ2v) is 11.5. The summed E-state index contributed by atoms with van der Waals surface area (Å²) in [4.78, 5) is 71.8. The van der Waals surface area contributed by atoms with Gasteiger partial charge in [0.25, 0.3) is 5.91 Å². The highest BCUT2D eigenvalue weighted by molar-refractivity contribution is 7.98. The molecule has 1 aromatic heterocycles. The minimum atomic E-state index is -1.38. The molecule has 3 rings (SSSR count). The van der Waals surface area contributed by atoms with Crippen molar-refractivity contribution in [2.75, 3.05) is 31.8 Å². The number of imidazole rings is 1. The zero-order valence-electron chi connectivity index (χ0n) is 26.7. The van der Waals surface area contributed by atoms with Gasteiger partial charge in [-0.25, -0.2) is 24.2 Å². The molecule has 0 saturated heterocycles. The normalized spacial score (nSPS) is 12.1. The summed E-state index contributed by atoms with van der Waals surface area (Å²) in [6.45, 7) is 3.84. The molecule has 0 aliphatic carbocycles. The van der Waals surface area contributed by atoms with Crippen LogP contribution in [0.2, 0.25) is 0 Å². The van der Waals surface area contributed by atoms with Crippen molar-refractivity contribution in [2.45, 2.75) is 58.3 Å². The largest absolute Gasteiger partial charge is 0.480 e. The Kier molecular flexibility index (Phi) is 14.8. The number of thioether (sulfide) groups is 1. The van der Waals surface area contributed by atoms with Crippen LogP contribution in [0, 0.1) is 0 Å². The van der Waals surface area contributed by atoms with Gasteiger partial charge < -0.3 is 40.4 Å². The number of nitrogens with zero attached hydrogens (tertiary/aromatic N) is 2. The van der Waals surface area contributed by atoms with Crippen LogP contribution in [-0.4, -0.2) is 93.8 Å². The van der Waals surface area contributed by atoms with Gasteiger partial charge in [0.05, 0.1) is 30.8 Å². The number of benzene rings is 2. The molecular formula is C32H42N6O8S. The molecule has 0 fully saturated rings. The molecule has 47 heavy (non-hydrogen) atoms. The number of urea groups is 1. The van der Waals surface area contributed by atoms with Gasteiger partial charge in [-0.15, -0.1) is 0 Å². The third kappa shape index (κ3) is 11.8. The van der Waals surface area contributed by atoms with Gasteiger partial charge in [0, 0.05) is 18.7 Å².